The van der Waals surface area contributed by atoms with Crippen molar-refractivity contribution in [3.8, 4) is 11.4 Å². The van der Waals surface area contributed by atoms with E-state index in [1.54, 1.807) is 12.1 Å². The van der Waals surface area contributed by atoms with E-state index in [1.807, 2.05) is 19.1 Å². The van der Waals surface area contributed by atoms with Gasteiger partial charge < -0.3 is 10.1 Å². The minimum absolute atomic E-state index is 0.0435. The van der Waals surface area contributed by atoms with Crippen LogP contribution in [0.25, 0.3) is 5.69 Å². The topological polar surface area (TPSA) is 81.9 Å². The highest BCUT2D eigenvalue weighted by atomic mass is 19.2. The van der Waals surface area contributed by atoms with Gasteiger partial charge >= 0.3 is 0 Å². The minimum atomic E-state index is -1.01. The number of carbonyl (C=O) groups excluding carboxylic acids is 1. The highest BCUT2D eigenvalue weighted by molar-refractivity contribution is 5.78. The van der Waals surface area contributed by atoms with Gasteiger partial charge in [0.1, 0.15) is 5.75 Å². The fraction of sp³-hybridized carbons (Fsp3) is 0.222. The van der Waals surface area contributed by atoms with E-state index in [0.717, 1.165) is 23.4 Å². The lowest BCUT2D eigenvalue weighted by molar-refractivity contribution is -0.120. The predicted molar refractivity (Wildman–Crippen MR) is 92.2 cm³/mol. The number of tetrazole rings is 1. The molecule has 0 radical (unpaired) electrons. The predicted octanol–water partition coefficient (Wildman–Crippen LogP) is 2.20. The Bertz CT molecular complexity index is 928. The maximum absolute atomic E-state index is 13.4. The molecule has 0 spiro atoms. The molecule has 7 nitrogen and oxygen atoms in total. The molecule has 0 aliphatic carbocycles. The third kappa shape index (κ3) is 4.63. The van der Waals surface area contributed by atoms with Crippen LogP contribution in [0.3, 0.4) is 0 Å². The first kappa shape index (κ1) is 18.4. The highest BCUT2D eigenvalue weighted by Crippen LogP contribution is 2.14. The lowest BCUT2D eigenvalue weighted by Crippen LogP contribution is -2.26. The van der Waals surface area contributed by atoms with Crippen LogP contribution in [0, 0.1) is 11.6 Å². The summed E-state index contributed by atoms with van der Waals surface area (Å²) in [5, 5.41) is 13.8. The van der Waals surface area contributed by atoms with Crippen molar-refractivity contribution < 1.29 is 18.3 Å². The summed E-state index contributed by atoms with van der Waals surface area (Å²) in [6.45, 7) is 2.52. The summed E-state index contributed by atoms with van der Waals surface area (Å²) < 4.78 is 33.1. The number of hydrogen-bond acceptors (Lipinski definition) is 5. The van der Waals surface area contributed by atoms with Crippen LogP contribution in [0.1, 0.15) is 18.3 Å². The molecule has 27 heavy (non-hydrogen) atoms. The zero-order valence-corrected chi connectivity index (χ0v) is 14.5. The van der Waals surface area contributed by atoms with Gasteiger partial charge in [-0.2, -0.15) is 4.68 Å². The highest BCUT2D eigenvalue weighted by Gasteiger charge is 2.12. The third-order valence-corrected chi connectivity index (χ3v) is 3.72. The molecule has 0 bridgehead atoms. The van der Waals surface area contributed by atoms with Crippen molar-refractivity contribution in [1.29, 1.82) is 0 Å². The molecule has 9 heteroatoms. The van der Waals surface area contributed by atoms with Gasteiger partial charge in [0.25, 0.3) is 0 Å². The molecule has 1 aromatic heterocycles. The van der Waals surface area contributed by atoms with Crippen molar-refractivity contribution in [2.75, 3.05) is 6.61 Å². The lowest BCUT2D eigenvalue weighted by Gasteiger charge is -2.08. The molecule has 0 aliphatic heterocycles. The van der Waals surface area contributed by atoms with Crippen LogP contribution >= 0.6 is 0 Å². The zero-order chi connectivity index (χ0) is 19.2. The number of benzene rings is 2. The molecule has 3 aromatic rings. The van der Waals surface area contributed by atoms with Crippen molar-refractivity contribution in [2.45, 2.75) is 19.9 Å². The van der Waals surface area contributed by atoms with Crippen molar-refractivity contribution in [1.82, 2.24) is 25.5 Å². The van der Waals surface area contributed by atoms with E-state index >= 15 is 0 Å². The quantitative estimate of drug-likeness (QED) is 0.687. The number of nitrogens with zero attached hydrogens (tertiary/aromatic N) is 4. The Morgan fingerprint density at radius 2 is 1.93 bits per heavy atom. The van der Waals surface area contributed by atoms with Crippen LogP contribution in [0.4, 0.5) is 8.78 Å². The Hall–Kier alpha value is -3.36. The Morgan fingerprint density at radius 3 is 2.63 bits per heavy atom. The van der Waals surface area contributed by atoms with E-state index in [9.17, 15) is 13.6 Å². The number of hydrogen-bond donors (Lipinski definition) is 1. The molecule has 1 N–H and O–H groups in total. The van der Waals surface area contributed by atoms with Gasteiger partial charge in [-0.25, -0.2) is 8.78 Å². The summed E-state index contributed by atoms with van der Waals surface area (Å²) >= 11 is 0. The van der Waals surface area contributed by atoms with Crippen LogP contribution in [-0.2, 0) is 17.8 Å². The Labute approximate surface area is 154 Å². The van der Waals surface area contributed by atoms with Gasteiger partial charge in [-0.05, 0) is 47.2 Å². The lowest BCUT2D eigenvalue weighted by atomic mass is 10.1. The molecule has 0 unspecified atom stereocenters. The molecule has 140 valence electrons. The van der Waals surface area contributed by atoms with Crippen LogP contribution in [0.15, 0.2) is 42.5 Å². The maximum atomic E-state index is 13.4. The molecular formula is C18H17F2N5O2. The molecule has 1 heterocycles. The average molecular weight is 373 g/mol. The standard InChI is InChI=1S/C18H17F2N5O2/c1-2-27-14-6-3-12(4-7-14)9-18(26)21-11-17-22-23-24-25(17)13-5-8-15(19)16(20)10-13/h3-8,10H,2,9,11H2,1H3,(H,21,26). The Morgan fingerprint density at radius 1 is 1.15 bits per heavy atom. The number of rotatable bonds is 7. The van der Waals surface area contributed by atoms with Gasteiger partial charge in [0.05, 0.1) is 25.3 Å². The fourth-order valence-corrected chi connectivity index (χ4v) is 2.43. The summed E-state index contributed by atoms with van der Waals surface area (Å²) in [4.78, 5) is 12.1. The number of nitrogens with one attached hydrogen (secondary N) is 1. The van der Waals surface area contributed by atoms with Crippen LogP contribution in [0.5, 0.6) is 5.75 Å². The molecule has 1 amide bonds. The van der Waals surface area contributed by atoms with Gasteiger partial charge in [-0.15, -0.1) is 5.10 Å². The van der Waals surface area contributed by atoms with Gasteiger partial charge in [-0.1, -0.05) is 12.1 Å². The van der Waals surface area contributed by atoms with Gasteiger partial charge in [-0.3, -0.25) is 4.79 Å². The zero-order valence-electron chi connectivity index (χ0n) is 14.5. The fourth-order valence-electron chi connectivity index (χ4n) is 2.43. The molecule has 2 aromatic carbocycles. The SMILES string of the molecule is CCOc1ccc(CC(=O)NCc2nnnn2-c2ccc(F)c(F)c2)cc1. The van der Waals surface area contributed by atoms with E-state index in [-0.39, 0.29) is 24.6 Å². The molecular weight excluding hydrogens is 356 g/mol. The summed E-state index contributed by atoms with van der Waals surface area (Å²) in [7, 11) is 0. The second kappa shape index (κ2) is 8.35. The monoisotopic (exact) mass is 373 g/mol. The number of halogens is 2. The minimum Gasteiger partial charge on any atom is -0.494 e. The number of aromatic nitrogens is 4. The van der Waals surface area contributed by atoms with Gasteiger partial charge in [0.2, 0.25) is 5.91 Å². The van der Waals surface area contributed by atoms with Crippen molar-refractivity contribution in [3.05, 3.63) is 65.5 Å². The molecule has 3 rings (SSSR count). The molecule has 0 fully saturated rings. The Balaban J connectivity index is 1.61. The first-order valence-corrected chi connectivity index (χ1v) is 8.28. The van der Waals surface area contributed by atoms with Crippen LogP contribution < -0.4 is 10.1 Å². The second-order valence-electron chi connectivity index (χ2n) is 5.64. The summed E-state index contributed by atoms with van der Waals surface area (Å²) in [5.74, 6) is -1.15. The summed E-state index contributed by atoms with van der Waals surface area (Å²) in [6.07, 6.45) is 0.180. The third-order valence-electron chi connectivity index (χ3n) is 3.72. The van der Waals surface area contributed by atoms with Crippen LogP contribution in [0.2, 0.25) is 0 Å². The largest absolute Gasteiger partial charge is 0.494 e. The van der Waals surface area contributed by atoms with E-state index in [4.69, 9.17) is 4.74 Å². The van der Waals surface area contributed by atoms with Gasteiger partial charge in [0, 0.05) is 6.07 Å². The van der Waals surface area contributed by atoms with Gasteiger partial charge in [0.15, 0.2) is 17.5 Å². The number of amides is 1. The van der Waals surface area contributed by atoms with E-state index < -0.39 is 11.6 Å². The van der Waals surface area contributed by atoms with E-state index in [2.05, 4.69) is 20.8 Å². The van der Waals surface area contributed by atoms with Crippen molar-refractivity contribution in [2.24, 2.45) is 0 Å². The van der Waals surface area contributed by atoms with E-state index in [1.165, 1.54) is 10.7 Å². The first-order valence-electron chi connectivity index (χ1n) is 8.28. The molecule has 0 aliphatic rings. The first-order chi connectivity index (χ1) is 13.1. The molecule has 0 saturated carbocycles. The summed E-state index contributed by atoms with van der Waals surface area (Å²) in [5.41, 5.74) is 1.09. The number of ether oxygens (including phenoxy) is 1. The number of carbonyl (C=O) groups is 1. The van der Waals surface area contributed by atoms with Crippen molar-refractivity contribution in [3.63, 3.8) is 0 Å². The smallest absolute Gasteiger partial charge is 0.224 e. The maximum Gasteiger partial charge on any atom is 0.224 e. The second-order valence-corrected chi connectivity index (χ2v) is 5.64. The summed E-state index contributed by atoms with van der Waals surface area (Å²) in [6, 6.07) is 10.6. The Kier molecular flexibility index (Phi) is 5.70. The van der Waals surface area contributed by atoms with Crippen LogP contribution in [-0.4, -0.2) is 32.7 Å². The normalized spacial score (nSPS) is 10.6. The molecule has 0 atom stereocenters. The molecule has 0 saturated heterocycles. The van der Waals surface area contributed by atoms with E-state index in [0.29, 0.717) is 12.4 Å². The van der Waals surface area contributed by atoms with Crippen molar-refractivity contribution >= 4 is 5.91 Å². The average Bonchev–Trinajstić information content (AvgIpc) is 3.13.